The number of benzene rings is 2. The van der Waals surface area contributed by atoms with Crippen LogP contribution in [0.3, 0.4) is 0 Å². The number of hydrogen-bond acceptors (Lipinski definition) is 4. The van der Waals surface area contributed by atoms with Crippen LogP contribution in [0, 0.1) is 0 Å². The molecule has 2 aromatic carbocycles. The number of rotatable bonds is 8. The lowest BCUT2D eigenvalue weighted by molar-refractivity contribution is 0.336. The topological polar surface area (TPSA) is 76.4 Å². The van der Waals surface area contributed by atoms with Crippen molar-refractivity contribution < 1.29 is 4.74 Å². The van der Waals surface area contributed by atoms with Gasteiger partial charge in [-0.1, -0.05) is 42.5 Å². The first-order valence-corrected chi connectivity index (χ1v) is 9.34. The van der Waals surface area contributed by atoms with Crippen molar-refractivity contribution >= 4 is 5.96 Å². The predicted octanol–water partition coefficient (Wildman–Crippen LogP) is 2.59. The Labute approximate surface area is 165 Å². The van der Waals surface area contributed by atoms with Gasteiger partial charge in [0.1, 0.15) is 18.4 Å². The summed E-state index contributed by atoms with van der Waals surface area (Å²) in [6.45, 7) is 4.66. The van der Waals surface area contributed by atoms with E-state index in [4.69, 9.17) is 4.74 Å². The molecule has 0 spiro atoms. The van der Waals surface area contributed by atoms with Gasteiger partial charge in [-0.3, -0.25) is 4.99 Å². The zero-order valence-electron chi connectivity index (χ0n) is 16.3. The molecule has 2 N–H and O–H groups in total. The van der Waals surface area contributed by atoms with Crippen LogP contribution in [0.25, 0.3) is 0 Å². The van der Waals surface area contributed by atoms with Crippen molar-refractivity contribution in [2.75, 3.05) is 13.7 Å². The van der Waals surface area contributed by atoms with Crippen molar-refractivity contribution in [2.45, 2.75) is 26.6 Å². The van der Waals surface area contributed by atoms with Crippen molar-refractivity contribution in [2.24, 2.45) is 4.99 Å². The van der Waals surface area contributed by atoms with Gasteiger partial charge in [0.25, 0.3) is 0 Å². The van der Waals surface area contributed by atoms with Crippen LogP contribution in [0.4, 0.5) is 0 Å². The lowest BCUT2D eigenvalue weighted by Crippen LogP contribution is -2.36. The average Bonchev–Trinajstić information content (AvgIpc) is 3.23. The highest BCUT2D eigenvalue weighted by atomic mass is 16.5. The molecule has 28 heavy (non-hydrogen) atoms. The van der Waals surface area contributed by atoms with Gasteiger partial charge in [0, 0.05) is 25.7 Å². The van der Waals surface area contributed by atoms with Crippen LogP contribution in [0.1, 0.15) is 23.6 Å². The van der Waals surface area contributed by atoms with Gasteiger partial charge in [0.05, 0.1) is 13.2 Å². The molecule has 146 valence electrons. The SMILES string of the molecule is CCOc1ccccc1CNC(=NC)NCc1cccc(Cn2cncn2)c1. The number of guanidine groups is 1. The molecule has 0 aliphatic carbocycles. The van der Waals surface area contributed by atoms with E-state index in [0.29, 0.717) is 26.2 Å². The molecule has 0 atom stereocenters. The Morgan fingerprint density at radius 2 is 1.89 bits per heavy atom. The third-order valence-corrected chi connectivity index (χ3v) is 4.20. The first-order valence-electron chi connectivity index (χ1n) is 9.34. The van der Waals surface area contributed by atoms with Crippen LogP contribution in [0.15, 0.2) is 66.2 Å². The fraction of sp³-hybridized carbons (Fsp3) is 0.286. The summed E-state index contributed by atoms with van der Waals surface area (Å²) in [7, 11) is 1.77. The summed E-state index contributed by atoms with van der Waals surface area (Å²) in [5.74, 6) is 1.64. The number of para-hydroxylation sites is 1. The molecule has 0 aliphatic rings. The van der Waals surface area contributed by atoms with Crippen LogP contribution in [0.2, 0.25) is 0 Å². The van der Waals surface area contributed by atoms with Gasteiger partial charge in [-0.2, -0.15) is 5.10 Å². The molecule has 0 amide bonds. The standard InChI is InChI=1S/C21H26N6O/c1-3-28-20-10-5-4-9-19(20)13-25-21(22-2)24-12-17-7-6-8-18(11-17)14-27-16-23-15-26-27/h4-11,15-16H,3,12-14H2,1-2H3,(H2,22,24,25). The summed E-state index contributed by atoms with van der Waals surface area (Å²) < 4.78 is 7.48. The molecule has 1 heterocycles. The lowest BCUT2D eigenvalue weighted by atomic mass is 10.1. The van der Waals surface area contributed by atoms with Gasteiger partial charge < -0.3 is 15.4 Å². The molecule has 0 radical (unpaired) electrons. The van der Waals surface area contributed by atoms with Gasteiger partial charge in [-0.15, -0.1) is 0 Å². The number of aliphatic imine (C=N–C) groups is 1. The Balaban J connectivity index is 1.54. The van der Waals surface area contributed by atoms with Crippen molar-refractivity contribution in [3.63, 3.8) is 0 Å². The van der Waals surface area contributed by atoms with E-state index in [1.165, 1.54) is 11.1 Å². The summed E-state index contributed by atoms with van der Waals surface area (Å²) >= 11 is 0. The Morgan fingerprint density at radius 1 is 1.07 bits per heavy atom. The third kappa shape index (κ3) is 5.57. The van der Waals surface area contributed by atoms with E-state index in [0.717, 1.165) is 17.3 Å². The smallest absolute Gasteiger partial charge is 0.191 e. The summed E-state index contributed by atoms with van der Waals surface area (Å²) in [6, 6.07) is 16.4. The summed E-state index contributed by atoms with van der Waals surface area (Å²) in [5.41, 5.74) is 3.45. The second kappa shape index (κ2) is 10.1. The molecule has 1 aromatic heterocycles. The van der Waals surface area contributed by atoms with Gasteiger partial charge in [-0.25, -0.2) is 9.67 Å². The lowest BCUT2D eigenvalue weighted by Gasteiger charge is -2.14. The largest absolute Gasteiger partial charge is 0.494 e. The Kier molecular flexibility index (Phi) is 7.01. The molecule has 0 aliphatic heterocycles. The highest BCUT2D eigenvalue weighted by Gasteiger charge is 2.05. The zero-order chi connectivity index (χ0) is 19.6. The maximum absolute atomic E-state index is 5.68. The van der Waals surface area contributed by atoms with Gasteiger partial charge >= 0.3 is 0 Å². The van der Waals surface area contributed by atoms with E-state index in [9.17, 15) is 0 Å². The second-order valence-electron chi connectivity index (χ2n) is 6.23. The van der Waals surface area contributed by atoms with Crippen LogP contribution in [0.5, 0.6) is 5.75 Å². The van der Waals surface area contributed by atoms with Crippen LogP contribution >= 0.6 is 0 Å². The molecule has 3 aromatic rings. The highest BCUT2D eigenvalue weighted by Crippen LogP contribution is 2.17. The molecular formula is C21H26N6O. The molecule has 7 nitrogen and oxygen atoms in total. The first kappa shape index (κ1) is 19.4. The molecule has 0 saturated heterocycles. The van der Waals surface area contributed by atoms with E-state index < -0.39 is 0 Å². The second-order valence-corrected chi connectivity index (χ2v) is 6.23. The first-order chi connectivity index (χ1) is 13.8. The van der Waals surface area contributed by atoms with Crippen LogP contribution in [-0.2, 0) is 19.6 Å². The average molecular weight is 378 g/mol. The number of aromatic nitrogens is 3. The van der Waals surface area contributed by atoms with Gasteiger partial charge in [0.2, 0.25) is 0 Å². The van der Waals surface area contributed by atoms with E-state index in [2.05, 4.69) is 56.0 Å². The zero-order valence-corrected chi connectivity index (χ0v) is 16.3. The molecule has 3 rings (SSSR count). The Hall–Kier alpha value is -3.35. The van der Waals surface area contributed by atoms with Crippen molar-refractivity contribution in [1.29, 1.82) is 0 Å². The molecule has 7 heteroatoms. The maximum atomic E-state index is 5.68. The quantitative estimate of drug-likeness (QED) is 0.465. The summed E-state index contributed by atoms with van der Waals surface area (Å²) in [6.07, 6.45) is 3.27. The predicted molar refractivity (Wildman–Crippen MR) is 110 cm³/mol. The van der Waals surface area contributed by atoms with Crippen LogP contribution < -0.4 is 15.4 Å². The van der Waals surface area contributed by atoms with E-state index >= 15 is 0 Å². The normalized spacial score (nSPS) is 11.3. The number of nitrogens with one attached hydrogen (secondary N) is 2. The van der Waals surface area contributed by atoms with E-state index in [1.807, 2.05) is 29.8 Å². The fourth-order valence-corrected chi connectivity index (χ4v) is 2.87. The number of nitrogens with zero attached hydrogens (tertiary/aromatic N) is 4. The minimum Gasteiger partial charge on any atom is -0.494 e. The molecule has 0 unspecified atom stereocenters. The van der Waals surface area contributed by atoms with Crippen molar-refractivity contribution in [1.82, 2.24) is 25.4 Å². The highest BCUT2D eigenvalue weighted by molar-refractivity contribution is 5.79. The monoisotopic (exact) mass is 378 g/mol. The van der Waals surface area contributed by atoms with Gasteiger partial charge in [-0.05, 0) is 24.1 Å². The molecule has 0 bridgehead atoms. The minimum atomic E-state index is 0.641. The fourth-order valence-electron chi connectivity index (χ4n) is 2.87. The summed E-state index contributed by atoms with van der Waals surface area (Å²) in [5, 5.41) is 10.9. The third-order valence-electron chi connectivity index (χ3n) is 4.20. The molecular weight excluding hydrogens is 352 g/mol. The van der Waals surface area contributed by atoms with Crippen LogP contribution in [-0.4, -0.2) is 34.4 Å². The maximum Gasteiger partial charge on any atom is 0.191 e. The Morgan fingerprint density at radius 3 is 2.68 bits per heavy atom. The van der Waals surface area contributed by atoms with Crippen molar-refractivity contribution in [3.8, 4) is 5.75 Å². The minimum absolute atomic E-state index is 0.641. The van der Waals surface area contributed by atoms with Crippen molar-refractivity contribution in [3.05, 3.63) is 77.9 Å². The van der Waals surface area contributed by atoms with E-state index in [1.54, 1.807) is 19.7 Å². The number of ether oxygens (including phenoxy) is 1. The molecule has 0 fully saturated rings. The molecule has 0 saturated carbocycles. The van der Waals surface area contributed by atoms with Gasteiger partial charge in [0.15, 0.2) is 5.96 Å². The van der Waals surface area contributed by atoms with E-state index in [-0.39, 0.29) is 0 Å². The Bertz CT molecular complexity index is 891. The summed E-state index contributed by atoms with van der Waals surface area (Å²) in [4.78, 5) is 8.29. The number of hydrogen-bond donors (Lipinski definition) is 2.